The standard InChI is InChI=1S/C11H11ClFN3O/c12-9-5-8(1-2-10(9)13)6-15-7-11(17)16-4-3-14/h1-2,5,15H,4,6-7H2,(H,16,17). The molecule has 0 aliphatic carbocycles. The highest BCUT2D eigenvalue weighted by molar-refractivity contribution is 6.30. The minimum Gasteiger partial charge on any atom is -0.342 e. The predicted molar refractivity (Wildman–Crippen MR) is 61.7 cm³/mol. The summed E-state index contributed by atoms with van der Waals surface area (Å²) >= 11 is 5.61. The summed E-state index contributed by atoms with van der Waals surface area (Å²) in [6, 6.07) is 6.16. The van der Waals surface area contributed by atoms with Crippen LogP contribution in [0.1, 0.15) is 5.56 Å². The molecule has 0 spiro atoms. The van der Waals surface area contributed by atoms with Crippen LogP contribution in [0.3, 0.4) is 0 Å². The van der Waals surface area contributed by atoms with Crippen molar-refractivity contribution >= 4 is 17.5 Å². The first kappa shape index (κ1) is 13.4. The molecule has 0 aromatic heterocycles. The number of carbonyl (C=O) groups excluding carboxylic acids is 1. The Hall–Kier alpha value is -1.64. The van der Waals surface area contributed by atoms with Crippen molar-refractivity contribution in [3.8, 4) is 6.07 Å². The Kier molecular flexibility index (Phi) is 5.40. The summed E-state index contributed by atoms with van der Waals surface area (Å²) in [4.78, 5) is 11.1. The van der Waals surface area contributed by atoms with Gasteiger partial charge in [0.15, 0.2) is 0 Å². The van der Waals surface area contributed by atoms with Crippen LogP contribution in [0.5, 0.6) is 0 Å². The highest BCUT2D eigenvalue weighted by Gasteiger charge is 2.02. The van der Waals surface area contributed by atoms with Gasteiger partial charge in [-0.3, -0.25) is 4.79 Å². The molecule has 0 fully saturated rings. The van der Waals surface area contributed by atoms with E-state index in [0.717, 1.165) is 5.56 Å². The van der Waals surface area contributed by atoms with E-state index in [1.165, 1.54) is 12.1 Å². The monoisotopic (exact) mass is 255 g/mol. The summed E-state index contributed by atoms with van der Waals surface area (Å²) < 4.78 is 12.8. The molecule has 6 heteroatoms. The van der Waals surface area contributed by atoms with E-state index < -0.39 is 5.82 Å². The number of rotatable bonds is 5. The molecule has 0 bridgehead atoms. The van der Waals surface area contributed by atoms with Gasteiger partial charge in [-0.05, 0) is 17.7 Å². The lowest BCUT2D eigenvalue weighted by Crippen LogP contribution is -2.33. The maximum atomic E-state index is 12.8. The first-order chi connectivity index (χ1) is 8.13. The van der Waals surface area contributed by atoms with Crippen molar-refractivity contribution < 1.29 is 9.18 Å². The van der Waals surface area contributed by atoms with Gasteiger partial charge in [-0.15, -0.1) is 0 Å². The van der Waals surface area contributed by atoms with Crippen LogP contribution in [0.2, 0.25) is 5.02 Å². The molecule has 0 aliphatic heterocycles. The molecular formula is C11H11ClFN3O. The summed E-state index contributed by atoms with van der Waals surface area (Å²) in [5, 5.41) is 13.5. The van der Waals surface area contributed by atoms with Gasteiger partial charge in [-0.2, -0.15) is 5.26 Å². The number of nitriles is 1. The molecule has 17 heavy (non-hydrogen) atoms. The highest BCUT2D eigenvalue weighted by Crippen LogP contribution is 2.15. The third-order valence-electron chi connectivity index (χ3n) is 1.96. The van der Waals surface area contributed by atoms with E-state index >= 15 is 0 Å². The largest absolute Gasteiger partial charge is 0.342 e. The Bertz CT molecular complexity index is 445. The molecule has 0 atom stereocenters. The molecule has 1 amide bonds. The quantitative estimate of drug-likeness (QED) is 0.778. The van der Waals surface area contributed by atoms with Crippen molar-refractivity contribution in [2.75, 3.05) is 13.1 Å². The van der Waals surface area contributed by atoms with E-state index in [9.17, 15) is 9.18 Å². The third-order valence-corrected chi connectivity index (χ3v) is 2.25. The molecule has 0 aliphatic rings. The van der Waals surface area contributed by atoms with Gasteiger partial charge < -0.3 is 10.6 Å². The number of nitrogens with one attached hydrogen (secondary N) is 2. The van der Waals surface area contributed by atoms with Gasteiger partial charge >= 0.3 is 0 Å². The van der Waals surface area contributed by atoms with Crippen molar-refractivity contribution in [2.45, 2.75) is 6.54 Å². The fourth-order valence-electron chi connectivity index (χ4n) is 1.17. The minimum atomic E-state index is -0.470. The Labute approximate surface area is 103 Å². The van der Waals surface area contributed by atoms with E-state index in [-0.39, 0.29) is 24.0 Å². The number of hydrogen-bond acceptors (Lipinski definition) is 3. The SMILES string of the molecule is N#CCNC(=O)CNCc1ccc(F)c(Cl)c1. The lowest BCUT2D eigenvalue weighted by molar-refractivity contribution is -0.120. The number of halogens is 2. The average molecular weight is 256 g/mol. The molecule has 0 unspecified atom stereocenters. The average Bonchev–Trinajstić information content (AvgIpc) is 2.31. The maximum absolute atomic E-state index is 12.8. The van der Waals surface area contributed by atoms with Crippen molar-refractivity contribution in [1.29, 1.82) is 5.26 Å². The highest BCUT2D eigenvalue weighted by atomic mass is 35.5. The fourth-order valence-corrected chi connectivity index (χ4v) is 1.37. The van der Waals surface area contributed by atoms with Crippen LogP contribution in [-0.4, -0.2) is 19.0 Å². The first-order valence-electron chi connectivity index (χ1n) is 4.92. The Morgan fingerprint density at radius 1 is 1.53 bits per heavy atom. The lowest BCUT2D eigenvalue weighted by atomic mass is 10.2. The lowest BCUT2D eigenvalue weighted by Gasteiger charge is -2.05. The smallest absolute Gasteiger partial charge is 0.234 e. The second-order valence-corrected chi connectivity index (χ2v) is 3.69. The van der Waals surface area contributed by atoms with Crippen molar-refractivity contribution in [2.24, 2.45) is 0 Å². The topological polar surface area (TPSA) is 64.9 Å². The number of amides is 1. The van der Waals surface area contributed by atoms with Crippen LogP contribution in [0.25, 0.3) is 0 Å². The van der Waals surface area contributed by atoms with Gasteiger partial charge in [0.2, 0.25) is 5.91 Å². The molecule has 4 nitrogen and oxygen atoms in total. The summed E-state index contributed by atoms with van der Waals surface area (Å²) in [5.74, 6) is -0.734. The maximum Gasteiger partial charge on any atom is 0.234 e. The molecule has 0 saturated heterocycles. The van der Waals surface area contributed by atoms with Crippen molar-refractivity contribution in [3.05, 3.63) is 34.6 Å². The van der Waals surface area contributed by atoms with Gasteiger partial charge in [0.1, 0.15) is 12.4 Å². The number of benzene rings is 1. The third kappa shape index (κ3) is 4.81. The number of carbonyl (C=O) groups is 1. The second-order valence-electron chi connectivity index (χ2n) is 3.29. The van der Waals surface area contributed by atoms with E-state index in [4.69, 9.17) is 16.9 Å². The number of hydrogen-bond donors (Lipinski definition) is 2. The zero-order chi connectivity index (χ0) is 12.7. The Morgan fingerprint density at radius 3 is 2.94 bits per heavy atom. The molecule has 0 saturated carbocycles. The van der Waals surface area contributed by atoms with Gasteiger partial charge in [0.25, 0.3) is 0 Å². The second kappa shape index (κ2) is 6.84. The van der Waals surface area contributed by atoms with Crippen LogP contribution in [0, 0.1) is 17.1 Å². The van der Waals surface area contributed by atoms with E-state index in [2.05, 4.69) is 10.6 Å². The molecule has 1 rings (SSSR count). The summed E-state index contributed by atoms with van der Waals surface area (Å²) in [6.07, 6.45) is 0. The Morgan fingerprint density at radius 2 is 2.29 bits per heavy atom. The minimum absolute atomic E-state index is 0.0110. The van der Waals surface area contributed by atoms with Crippen molar-refractivity contribution in [1.82, 2.24) is 10.6 Å². The molecule has 0 heterocycles. The fraction of sp³-hybridized carbons (Fsp3) is 0.273. The molecule has 2 N–H and O–H groups in total. The zero-order valence-corrected chi connectivity index (χ0v) is 9.72. The molecule has 90 valence electrons. The summed E-state index contributed by atoms with van der Waals surface area (Å²) in [7, 11) is 0. The van der Waals surface area contributed by atoms with E-state index in [0.29, 0.717) is 6.54 Å². The van der Waals surface area contributed by atoms with Gasteiger partial charge in [0, 0.05) is 6.54 Å². The normalized spacial score (nSPS) is 9.71. The Balaban J connectivity index is 2.33. The summed E-state index contributed by atoms with van der Waals surface area (Å²) in [6.45, 7) is 0.486. The zero-order valence-electron chi connectivity index (χ0n) is 8.96. The van der Waals surface area contributed by atoms with Crippen molar-refractivity contribution in [3.63, 3.8) is 0 Å². The molecular weight excluding hydrogens is 245 g/mol. The van der Waals surface area contributed by atoms with Crippen LogP contribution in [0.15, 0.2) is 18.2 Å². The van der Waals surface area contributed by atoms with E-state index in [1.54, 1.807) is 12.1 Å². The predicted octanol–water partition coefficient (Wildman–Crippen LogP) is 1.21. The van der Waals surface area contributed by atoms with Crippen LogP contribution in [0.4, 0.5) is 4.39 Å². The van der Waals surface area contributed by atoms with Gasteiger partial charge in [-0.1, -0.05) is 17.7 Å². The molecule has 1 aromatic rings. The van der Waals surface area contributed by atoms with Crippen LogP contribution in [-0.2, 0) is 11.3 Å². The van der Waals surface area contributed by atoms with Gasteiger partial charge in [0.05, 0.1) is 17.6 Å². The van der Waals surface area contributed by atoms with Crippen LogP contribution >= 0.6 is 11.6 Å². The molecule has 1 aromatic carbocycles. The van der Waals surface area contributed by atoms with E-state index in [1.807, 2.05) is 0 Å². The number of nitrogens with zero attached hydrogens (tertiary/aromatic N) is 1. The van der Waals surface area contributed by atoms with Gasteiger partial charge in [-0.25, -0.2) is 4.39 Å². The molecule has 0 radical (unpaired) electrons. The summed E-state index contributed by atoms with van der Waals surface area (Å²) in [5.41, 5.74) is 0.782. The first-order valence-corrected chi connectivity index (χ1v) is 5.29. The van der Waals surface area contributed by atoms with Crippen LogP contribution < -0.4 is 10.6 Å².